The molecule has 5 aliphatic rings. The van der Waals surface area contributed by atoms with E-state index in [9.17, 15) is 47.9 Å². The van der Waals surface area contributed by atoms with Gasteiger partial charge in [-0.2, -0.15) is 25.5 Å². The molecule has 3 aromatic carbocycles. The molecule has 15 rings (SSSR count). The molecule has 0 unspecified atom stereocenters. The van der Waals surface area contributed by atoms with Crippen LogP contribution < -0.4 is 80.7 Å². The summed E-state index contributed by atoms with van der Waals surface area (Å²) in [4.78, 5) is 158. The molecule has 0 saturated carbocycles. The molecule has 0 spiro atoms. The van der Waals surface area contributed by atoms with Crippen LogP contribution in [0.2, 0.25) is 0 Å². The molecule has 38 nitrogen and oxygen atoms in total. The molecule has 10 aromatic rings. The van der Waals surface area contributed by atoms with Crippen LogP contribution in [0.25, 0.3) is 0 Å². The van der Waals surface area contributed by atoms with Gasteiger partial charge in [0, 0.05) is 226 Å². The summed E-state index contributed by atoms with van der Waals surface area (Å²) < 4.78 is 21.4. The van der Waals surface area contributed by atoms with Crippen molar-refractivity contribution >= 4 is 51.4 Å². The van der Waals surface area contributed by atoms with E-state index in [2.05, 4.69) is 174 Å². The molecule has 0 amide bonds. The van der Waals surface area contributed by atoms with Gasteiger partial charge < -0.3 is 29.3 Å². The van der Waals surface area contributed by atoms with Crippen LogP contribution in [0.4, 0.5) is 28.7 Å². The standard InChI is InChI=1S/C19H27N5O2.C18H24BrN5O2.2C18H26N6O2.C18H25N5O2.CH2O/c1-16-5-7-17(8-6-16)23-13-11-22(12-14-23)9-3-4-10-24-19(26)21(2)18(25)15-20-24;1-21-17(25)14-20-24(18(21)26)9-5-4-8-22-10-12-23(13-11-22)16-7-3-2-6-15(16)19;2*1-15-6-5-7-16(20-15)23-12-10-22(11-13-23)8-3-4-9-24-18(26)21(2)17(25)14-19-24;1-20-17(24)15-19-23(18(20)25)10-6-5-9-21-11-13-22(14-12-21)16-7-3-2-4-8-16;1-2/h5-8,15H,3-4,9-14H2,1-2H3;2-3,6-7,14H,4-5,8-13H2,1H3;2*5-7,14H,3-4,8-13H2,1-2H3;2-4,7-8,15H,5-6,9-14H2,1H3;1H2/i;;;;7T;. The minimum atomic E-state index is -0.377. The molecule has 5 fully saturated rings. The van der Waals surface area contributed by atoms with Crippen LogP contribution in [0.5, 0.6) is 0 Å². The Labute approximate surface area is 772 Å². The molecular weight excluding hydrogens is 1740 g/mol. The maximum absolute atomic E-state index is 11.9. The Morgan fingerprint density at radius 2 is 0.557 bits per heavy atom. The molecule has 0 N–H and O–H groups in total. The molecule has 131 heavy (non-hydrogen) atoms. The molecule has 706 valence electrons. The SMILES string of the molecule is C=O.Cc1ccc(N2CCN(CCCCn3ncc(=O)n(C)c3=O)CC2)cc1.Cc1cccc(N2CCN(CCCCn3ncc(=O)n(C)c3=O)CC2)n1.Cc1cccc(N2CCN(CCCCn3ncc(=O)n(C)c3=O)CC2)n1.Cn1c(=O)cnn(CCCCN2CCN(c3ccccc3Br)CC2)c1=O.[3H]c1ccccc1N1CCN(CCCCn2ncc(=O)n(C)c2=O)CC1. The highest BCUT2D eigenvalue weighted by molar-refractivity contribution is 9.10. The van der Waals surface area contributed by atoms with Gasteiger partial charge in [0.2, 0.25) is 0 Å². The zero-order valence-corrected chi connectivity index (χ0v) is 78.8. The first-order valence-electron chi connectivity index (χ1n) is 45.8. The molecule has 0 aliphatic carbocycles. The summed E-state index contributed by atoms with van der Waals surface area (Å²) in [6.45, 7) is 36.1. The fourth-order valence-electron chi connectivity index (χ4n) is 15.9. The monoisotopic (exact) mass is 1870 g/mol. The lowest BCUT2D eigenvalue weighted by atomic mass is 10.2. The Bertz CT molecular complexity index is 5650. The van der Waals surface area contributed by atoms with Gasteiger partial charge in [0.25, 0.3) is 27.8 Å². The van der Waals surface area contributed by atoms with Crippen LogP contribution in [0.1, 0.15) is 82.5 Å². The first-order chi connectivity index (χ1) is 63.7. The van der Waals surface area contributed by atoms with E-state index in [1.165, 1.54) is 107 Å². The Hall–Kier alpha value is -12.0. The number of halogens is 1. The zero-order chi connectivity index (χ0) is 94.6. The highest BCUT2D eigenvalue weighted by atomic mass is 79.9. The molecule has 5 aliphatic heterocycles. The number of hydrogen-bond donors (Lipinski definition) is 0. The summed E-state index contributed by atoms with van der Waals surface area (Å²) in [5.74, 6) is 2.12. The topological polar surface area (TPSA) is 360 Å². The van der Waals surface area contributed by atoms with Gasteiger partial charge in [-0.25, -0.2) is 57.3 Å². The van der Waals surface area contributed by atoms with Gasteiger partial charge in [-0.15, -0.1) is 0 Å². The van der Waals surface area contributed by atoms with Crippen LogP contribution in [0.3, 0.4) is 0 Å². The van der Waals surface area contributed by atoms with E-state index < -0.39 is 0 Å². The second-order valence-corrected chi connectivity index (χ2v) is 34.1. The van der Waals surface area contributed by atoms with Crippen LogP contribution in [0.15, 0.2) is 199 Å². The largest absolute Gasteiger partial charge is 0.369 e. The lowest BCUT2D eigenvalue weighted by Crippen LogP contribution is -2.47. The number of piperazine rings is 5. The van der Waals surface area contributed by atoms with Gasteiger partial charge in [0.15, 0.2) is 0 Å². The van der Waals surface area contributed by atoms with Crippen molar-refractivity contribution in [3.63, 3.8) is 0 Å². The average Bonchev–Trinajstić information content (AvgIpc) is 0.849. The number of pyridine rings is 2. The third-order valence-corrected chi connectivity index (χ3v) is 24.8. The van der Waals surface area contributed by atoms with Crippen molar-refractivity contribution in [2.24, 2.45) is 35.2 Å². The number of aryl methyl sites for hydroxylation is 8. The minimum absolute atomic E-state index is 0.343. The first-order valence-corrected chi connectivity index (χ1v) is 46.1. The summed E-state index contributed by atoms with van der Waals surface area (Å²) in [6, 6.07) is 37.6. The molecule has 0 atom stereocenters. The van der Waals surface area contributed by atoms with Crippen LogP contribution >= 0.6 is 15.9 Å². The van der Waals surface area contributed by atoms with E-state index in [1.54, 1.807) is 0 Å². The van der Waals surface area contributed by atoms with E-state index in [0.717, 1.165) is 284 Å². The van der Waals surface area contributed by atoms with Crippen molar-refractivity contribution < 1.29 is 6.17 Å². The van der Waals surface area contributed by atoms with Crippen molar-refractivity contribution in [1.82, 2.24) is 106 Å². The number of aromatic nitrogens is 17. The summed E-state index contributed by atoms with van der Waals surface area (Å²) in [5.41, 5.74) is 3.36. The molecule has 0 radical (unpaired) electrons. The number of carbonyl (C=O) groups excluding carboxylic acids is 1. The third kappa shape index (κ3) is 30.8. The Kier molecular flexibility index (Phi) is 39.6. The number of carbonyl (C=O) groups is 1. The van der Waals surface area contributed by atoms with Gasteiger partial charge in [0.1, 0.15) is 49.4 Å². The van der Waals surface area contributed by atoms with Crippen molar-refractivity contribution in [2.75, 3.05) is 188 Å². The molecule has 5 saturated heterocycles. The number of hydrogen-bond acceptors (Lipinski definition) is 28. The maximum Gasteiger partial charge on any atom is 0.347 e. The van der Waals surface area contributed by atoms with Crippen molar-refractivity contribution in [1.29, 1.82) is 0 Å². The molecule has 0 bridgehead atoms. The lowest BCUT2D eigenvalue weighted by molar-refractivity contribution is -0.0980. The fourth-order valence-corrected chi connectivity index (χ4v) is 16.4. The number of unbranched alkanes of at least 4 members (excludes halogenated alkanes) is 5. The second kappa shape index (κ2) is 52.1. The van der Waals surface area contributed by atoms with E-state index >= 15 is 0 Å². The molecule has 12 heterocycles. The highest BCUT2D eigenvalue weighted by Crippen LogP contribution is 2.27. The predicted molar refractivity (Wildman–Crippen MR) is 515 cm³/mol. The van der Waals surface area contributed by atoms with Crippen molar-refractivity contribution in [2.45, 2.75) is 118 Å². The number of anilines is 5. The first kappa shape index (κ1) is 99.5. The van der Waals surface area contributed by atoms with E-state index in [1.807, 2.05) is 63.1 Å². The smallest absolute Gasteiger partial charge is 0.347 e. The fraction of sp³-hybridized carbons (Fsp3) is 0.522. The van der Waals surface area contributed by atoms with Gasteiger partial charge >= 0.3 is 28.4 Å². The van der Waals surface area contributed by atoms with Crippen LogP contribution in [-0.4, -0.2) is 277 Å². The number of para-hydroxylation sites is 2. The van der Waals surface area contributed by atoms with Gasteiger partial charge in [-0.05, 0) is 194 Å². The molecule has 39 heteroatoms. The average molecular weight is 1870 g/mol. The summed E-state index contributed by atoms with van der Waals surface area (Å²) in [6.07, 6.45) is 15.3. The Morgan fingerprint density at radius 3 is 0.847 bits per heavy atom. The number of nitrogens with zero attached hydrogens (tertiary/aromatic N) is 27. The van der Waals surface area contributed by atoms with E-state index in [4.69, 9.17) is 6.17 Å². The summed E-state index contributed by atoms with van der Waals surface area (Å²) >= 11 is 3.63. The Morgan fingerprint density at radius 1 is 0.290 bits per heavy atom. The summed E-state index contributed by atoms with van der Waals surface area (Å²) in [7, 11) is 7.39. The number of benzene rings is 3. The predicted octanol–water partition coefficient (Wildman–Crippen LogP) is 3.01. The van der Waals surface area contributed by atoms with Crippen molar-refractivity contribution in [3.8, 4) is 0 Å². The normalized spacial score (nSPS) is 15.3. The Balaban J connectivity index is 0.000000170. The molecular formula is C92H130BrN27O11. The van der Waals surface area contributed by atoms with Crippen molar-refractivity contribution in [3.05, 3.63) is 272 Å². The highest BCUT2D eigenvalue weighted by Gasteiger charge is 2.24. The molecule has 7 aromatic heterocycles. The van der Waals surface area contributed by atoms with E-state index in [0.29, 0.717) is 38.8 Å². The zero-order valence-electron chi connectivity index (χ0n) is 78.2. The lowest BCUT2D eigenvalue weighted by Gasteiger charge is -2.36. The third-order valence-electron chi connectivity index (χ3n) is 24.1. The van der Waals surface area contributed by atoms with E-state index in [-0.39, 0.29) is 56.2 Å². The van der Waals surface area contributed by atoms with Gasteiger partial charge in [0.05, 0.1) is 7.06 Å². The number of rotatable bonds is 30. The summed E-state index contributed by atoms with van der Waals surface area (Å²) in [5, 5.41) is 19.6. The van der Waals surface area contributed by atoms with Gasteiger partial charge in [-0.3, -0.25) is 71.3 Å². The van der Waals surface area contributed by atoms with Gasteiger partial charge in [-0.1, -0.05) is 60.2 Å². The quantitative estimate of drug-likeness (QED) is 0.0584. The second-order valence-electron chi connectivity index (χ2n) is 33.2. The van der Waals surface area contributed by atoms with Crippen LogP contribution in [0, 0.1) is 20.8 Å². The minimum Gasteiger partial charge on any atom is -0.369 e. The van der Waals surface area contributed by atoms with Crippen LogP contribution in [-0.2, 0) is 72.8 Å². The maximum atomic E-state index is 11.9.